The van der Waals surface area contributed by atoms with Crippen molar-refractivity contribution in [2.24, 2.45) is 0 Å². The molecule has 3 heterocycles. The number of nitrogens with zero attached hydrogens (tertiary/aromatic N) is 6. The van der Waals surface area contributed by atoms with Crippen molar-refractivity contribution >= 4 is 22.6 Å². The summed E-state index contributed by atoms with van der Waals surface area (Å²) in [5.41, 5.74) is 2.34. The van der Waals surface area contributed by atoms with Crippen molar-refractivity contribution in [2.75, 3.05) is 19.1 Å². The number of benzene rings is 1. The third-order valence-electron chi connectivity index (χ3n) is 4.12. The molecule has 1 aliphatic heterocycles. The van der Waals surface area contributed by atoms with E-state index in [0.29, 0.717) is 5.69 Å². The number of carbonyl (C=O) groups excluding carboxylic acids is 1. The van der Waals surface area contributed by atoms with E-state index in [4.69, 9.17) is 0 Å². The van der Waals surface area contributed by atoms with Gasteiger partial charge in [-0.05, 0) is 30.3 Å². The number of hydrogen-bond donors (Lipinski definition) is 1. The third-order valence-corrected chi connectivity index (χ3v) is 4.12. The highest BCUT2D eigenvalue weighted by atomic mass is 16.3. The molecule has 0 radical (unpaired) electrons. The van der Waals surface area contributed by atoms with Crippen LogP contribution in [0.15, 0.2) is 48.9 Å². The van der Waals surface area contributed by atoms with Gasteiger partial charge in [0.05, 0.1) is 23.1 Å². The van der Waals surface area contributed by atoms with E-state index < -0.39 is 6.35 Å². The lowest BCUT2D eigenvalue weighted by Crippen LogP contribution is -2.39. The molecule has 1 N–H and O–H groups in total. The molecule has 2 aromatic heterocycles. The van der Waals surface area contributed by atoms with Crippen LogP contribution in [0.2, 0.25) is 0 Å². The minimum atomic E-state index is -0.980. The summed E-state index contributed by atoms with van der Waals surface area (Å²) in [4.78, 5) is 17.7. The number of pyridine rings is 1. The predicted octanol–water partition coefficient (Wildman–Crippen LogP) is 1.41. The number of amides is 2. The Morgan fingerprint density at radius 3 is 2.67 bits per heavy atom. The summed E-state index contributed by atoms with van der Waals surface area (Å²) in [7, 11) is 3.22. The third kappa shape index (κ3) is 2.12. The number of urea groups is 1. The first-order valence-corrected chi connectivity index (χ1v) is 7.44. The largest absolute Gasteiger partial charge is 0.359 e. The first kappa shape index (κ1) is 14.6. The zero-order chi connectivity index (χ0) is 16.8. The van der Waals surface area contributed by atoms with Gasteiger partial charge in [-0.1, -0.05) is 0 Å². The van der Waals surface area contributed by atoms with Gasteiger partial charge in [-0.3, -0.25) is 9.88 Å². The molecule has 0 saturated carbocycles. The van der Waals surface area contributed by atoms with E-state index in [2.05, 4.69) is 10.1 Å². The molecular formula is C16H16N6O2. The molecule has 1 aromatic carbocycles. The van der Waals surface area contributed by atoms with Crippen LogP contribution >= 0.6 is 0 Å². The molecule has 8 nitrogen and oxygen atoms in total. The van der Waals surface area contributed by atoms with Gasteiger partial charge in [-0.25, -0.2) is 14.5 Å². The number of aliphatic hydroxyl groups excluding tert-OH is 1. The highest BCUT2D eigenvalue weighted by Gasteiger charge is 2.39. The van der Waals surface area contributed by atoms with Gasteiger partial charge in [0.2, 0.25) is 6.35 Å². The highest BCUT2D eigenvalue weighted by Crippen LogP contribution is 2.28. The number of aliphatic hydroxyl groups is 1. The van der Waals surface area contributed by atoms with Crippen molar-refractivity contribution in [3.8, 4) is 5.69 Å². The van der Waals surface area contributed by atoms with E-state index in [0.717, 1.165) is 16.6 Å². The van der Waals surface area contributed by atoms with Crippen LogP contribution in [0.5, 0.6) is 0 Å². The molecule has 0 spiro atoms. The topological polar surface area (TPSA) is 77.7 Å². The monoisotopic (exact) mass is 324 g/mol. The summed E-state index contributed by atoms with van der Waals surface area (Å²) < 4.78 is 1.75. The molecule has 24 heavy (non-hydrogen) atoms. The fourth-order valence-corrected chi connectivity index (χ4v) is 2.80. The lowest BCUT2D eigenvalue weighted by Gasteiger charge is -2.23. The van der Waals surface area contributed by atoms with Gasteiger partial charge in [0, 0.05) is 31.9 Å². The van der Waals surface area contributed by atoms with Crippen molar-refractivity contribution in [3.63, 3.8) is 0 Å². The second-order valence-corrected chi connectivity index (χ2v) is 5.65. The second-order valence-electron chi connectivity index (χ2n) is 5.65. The average Bonchev–Trinajstić information content (AvgIpc) is 3.11. The van der Waals surface area contributed by atoms with Gasteiger partial charge in [0.15, 0.2) is 0 Å². The van der Waals surface area contributed by atoms with Crippen LogP contribution in [0.25, 0.3) is 16.6 Å². The van der Waals surface area contributed by atoms with Crippen molar-refractivity contribution in [1.82, 2.24) is 24.7 Å². The zero-order valence-corrected chi connectivity index (χ0v) is 13.2. The molecule has 0 aliphatic carbocycles. The van der Waals surface area contributed by atoms with E-state index >= 15 is 0 Å². The molecular weight excluding hydrogens is 308 g/mol. The number of aromatic nitrogens is 3. The zero-order valence-electron chi connectivity index (χ0n) is 13.2. The molecule has 4 rings (SSSR count). The van der Waals surface area contributed by atoms with E-state index in [1.807, 2.05) is 36.5 Å². The second kappa shape index (κ2) is 5.29. The lowest BCUT2D eigenvalue weighted by molar-refractivity contribution is -0.0294. The highest BCUT2D eigenvalue weighted by molar-refractivity contribution is 5.95. The maximum atomic E-state index is 12.3. The number of hydrogen-bond acceptors (Lipinski definition) is 5. The summed E-state index contributed by atoms with van der Waals surface area (Å²) in [5, 5.41) is 18.3. The first-order chi connectivity index (χ1) is 11.6. The number of rotatable bonds is 2. The van der Waals surface area contributed by atoms with Crippen LogP contribution in [0.3, 0.4) is 0 Å². The Bertz CT molecular complexity index is 909. The van der Waals surface area contributed by atoms with Crippen LogP contribution in [0, 0.1) is 0 Å². The lowest BCUT2D eigenvalue weighted by atomic mass is 10.2. The number of carbonyl (C=O) groups is 1. The number of fused-ring (bicyclic) bond motifs is 1. The minimum absolute atomic E-state index is 0.288. The van der Waals surface area contributed by atoms with E-state index in [1.54, 1.807) is 31.2 Å². The SMILES string of the molecule is CN1C(=O)N(c2ccc3nn(-c4cccnc4)cc3c2)N(C)C1O. The van der Waals surface area contributed by atoms with Gasteiger partial charge < -0.3 is 5.11 Å². The molecule has 1 atom stereocenters. The van der Waals surface area contributed by atoms with Crippen molar-refractivity contribution in [2.45, 2.75) is 6.35 Å². The molecule has 3 aromatic rings. The maximum absolute atomic E-state index is 12.3. The van der Waals surface area contributed by atoms with Crippen molar-refractivity contribution in [1.29, 1.82) is 0 Å². The van der Waals surface area contributed by atoms with Gasteiger partial charge in [-0.15, -0.1) is 0 Å². The summed E-state index contributed by atoms with van der Waals surface area (Å²) in [6.07, 6.45) is 4.35. The average molecular weight is 324 g/mol. The summed E-state index contributed by atoms with van der Waals surface area (Å²) in [6.45, 7) is 0. The van der Waals surface area contributed by atoms with Gasteiger partial charge in [0.25, 0.3) is 0 Å². The van der Waals surface area contributed by atoms with E-state index in [-0.39, 0.29) is 6.03 Å². The molecule has 8 heteroatoms. The van der Waals surface area contributed by atoms with Crippen LogP contribution in [-0.2, 0) is 0 Å². The Labute approximate surface area is 138 Å². The van der Waals surface area contributed by atoms with E-state index in [1.165, 1.54) is 14.9 Å². The standard InChI is InChI=1S/C16H16N6O2/c1-19-15(23)20(2)22(16(19)24)12-5-6-14-11(8-12)10-21(18-14)13-4-3-7-17-9-13/h3-10,15,23H,1-2H3. The van der Waals surface area contributed by atoms with Crippen molar-refractivity contribution in [3.05, 3.63) is 48.9 Å². The van der Waals surface area contributed by atoms with Gasteiger partial charge in [-0.2, -0.15) is 10.1 Å². The van der Waals surface area contributed by atoms with Gasteiger partial charge >= 0.3 is 6.03 Å². The normalized spacial score (nSPS) is 18.8. The van der Waals surface area contributed by atoms with Crippen LogP contribution < -0.4 is 5.01 Å². The summed E-state index contributed by atoms with van der Waals surface area (Å²) >= 11 is 0. The maximum Gasteiger partial charge on any atom is 0.342 e. The molecule has 1 aliphatic rings. The van der Waals surface area contributed by atoms with Crippen molar-refractivity contribution < 1.29 is 9.90 Å². The predicted molar refractivity (Wildman–Crippen MR) is 88.3 cm³/mol. The molecule has 2 amide bonds. The molecule has 1 fully saturated rings. The smallest absolute Gasteiger partial charge is 0.342 e. The van der Waals surface area contributed by atoms with Crippen LogP contribution in [-0.4, -0.2) is 56.3 Å². The molecule has 1 unspecified atom stereocenters. The van der Waals surface area contributed by atoms with Crippen LogP contribution in [0.1, 0.15) is 0 Å². The Morgan fingerprint density at radius 2 is 2.00 bits per heavy atom. The Kier molecular flexibility index (Phi) is 3.22. The Balaban J connectivity index is 1.75. The molecule has 1 saturated heterocycles. The molecule has 0 bridgehead atoms. The molecule has 122 valence electrons. The fourth-order valence-electron chi connectivity index (χ4n) is 2.80. The number of anilines is 1. The Morgan fingerprint density at radius 1 is 1.17 bits per heavy atom. The summed E-state index contributed by atoms with van der Waals surface area (Å²) in [5.74, 6) is 0. The van der Waals surface area contributed by atoms with Crippen LogP contribution in [0.4, 0.5) is 10.5 Å². The minimum Gasteiger partial charge on any atom is -0.359 e. The summed E-state index contributed by atoms with van der Waals surface area (Å²) in [6, 6.07) is 9.01. The fraction of sp³-hybridized carbons (Fsp3) is 0.188. The van der Waals surface area contributed by atoms with Gasteiger partial charge in [0.1, 0.15) is 0 Å². The quantitative estimate of drug-likeness (QED) is 0.771. The first-order valence-electron chi connectivity index (χ1n) is 7.44. The number of hydrazine groups is 1. The van der Waals surface area contributed by atoms with E-state index in [9.17, 15) is 9.90 Å². The Hall–Kier alpha value is -2.97.